The topological polar surface area (TPSA) is 60.7 Å². The van der Waals surface area contributed by atoms with Gasteiger partial charge in [0.1, 0.15) is 18.0 Å². The van der Waals surface area contributed by atoms with Crippen molar-refractivity contribution in [1.82, 2.24) is 0 Å². The van der Waals surface area contributed by atoms with Crippen molar-refractivity contribution in [1.29, 1.82) is 0 Å². The molecule has 2 atom stereocenters. The predicted molar refractivity (Wildman–Crippen MR) is 49.5 cm³/mol. The zero-order chi connectivity index (χ0) is 10.7. The van der Waals surface area contributed by atoms with Gasteiger partial charge in [-0.25, -0.2) is 4.39 Å². The van der Waals surface area contributed by atoms with Gasteiger partial charge in [0.2, 0.25) is 0 Å². The Kier molecular flexibility index (Phi) is 3.83. The van der Waals surface area contributed by atoms with E-state index in [4.69, 9.17) is 21.8 Å². The molecule has 3 N–H and O–H groups in total. The summed E-state index contributed by atoms with van der Waals surface area (Å²) in [6.07, 6.45) is -2.68. The summed E-state index contributed by atoms with van der Waals surface area (Å²) in [7, 11) is 0. The summed E-state index contributed by atoms with van der Waals surface area (Å²) < 4.78 is 12.8. The molecule has 0 aliphatic heterocycles. The molecule has 1 aromatic carbocycles. The summed E-state index contributed by atoms with van der Waals surface area (Å²) >= 11 is 5.55. The molecule has 0 aliphatic carbocycles. The number of aliphatic hydroxyl groups is 3. The van der Waals surface area contributed by atoms with E-state index in [1.807, 2.05) is 0 Å². The minimum absolute atomic E-state index is 0.129. The van der Waals surface area contributed by atoms with Crippen molar-refractivity contribution in [3.8, 4) is 0 Å². The lowest BCUT2D eigenvalue weighted by Crippen LogP contribution is -2.22. The van der Waals surface area contributed by atoms with Crippen LogP contribution in [-0.4, -0.2) is 28.0 Å². The van der Waals surface area contributed by atoms with E-state index in [1.54, 1.807) is 0 Å². The van der Waals surface area contributed by atoms with Crippen LogP contribution in [0.1, 0.15) is 11.7 Å². The van der Waals surface area contributed by atoms with E-state index in [9.17, 15) is 9.50 Å². The summed E-state index contributed by atoms with van der Waals surface area (Å²) in [4.78, 5) is 0. The van der Waals surface area contributed by atoms with Gasteiger partial charge in [-0.15, -0.1) is 0 Å². The maximum absolute atomic E-state index is 12.8. The third-order valence-corrected chi connectivity index (χ3v) is 2.00. The van der Waals surface area contributed by atoms with Crippen LogP contribution in [-0.2, 0) is 0 Å². The van der Waals surface area contributed by atoms with Crippen LogP contribution >= 0.6 is 11.6 Å². The van der Waals surface area contributed by atoms with Gasteiger partial charge in [-0.05, 0) is 23.8 Å². The number of benzene rings is 1. The minimum Gasteiger partial charge on any atom is -0.394 e. The molecule has 78 valence electrons. The highest BCUT2D eigenvalue weighted by molar-refractivity contribution is 6.30. The van der Waals surface area contributed by atoms with Gasteiger partial charge >= 0.3 is 0 Å². The first-order valence-corrected chi connectivity index (χ1v) is 4.35. The molecule has 0 radical (unpaired) electrons. The van der Waals surface area contributed by atoms with Gasteiger partial charge in [0, 0.05) is 5.02 Å². The van der Waals surface area contributed by atoms with Crippen molar-refractivity contribution in [2.75, 3.05) is 6.61 Å². The highest BCUT2D eigenvalue weighted by Crippen LogP contribution is 2.22. The molecule has 5 heteroatoms. The van der Waals surface area contributed by atoms with Gasteiger partial charge < -0.3 is 15.3 Å². The maximum atomic E-state index is 12.8. The van der Waals surface area contributed by atoms with Crippen LogP contribution in [0.3, 0.4) is 0 Å². The van der Waals surface area contributed by atoms with E-state index in [0.717, 1.165) is 12.1 Å². The normalized spacial score (nSPS) is 15.2. The maximum Gasteiger partial charge on any atom is 0.125 e. The first-order chi connectivity index (χ1) is 6.54. The lowest BCUT2D eigenvalue weighted by atomic mass is 10.1. The third-order valence-electron chi connectivity index (χ3n) is 1.78. The molecule has 1 aromatic rings. The van der Waals surface area contributed by atoms with E-state index in [-0.39, 0.29) is 10.6 Å². The van der Waals surface area contributed by atoms with Crippen LogP contribution in [0.5, 0.6) is 0 Å². The molecule has 0 aromatic heterocycles. The molecular formula is C9H10ClFO3. The van der Waals surface area contributed by atoms with E-state index in [2.05, 4.69) is 0 Å². The van der Waals surface area contributed by atoms with Crippen LogP contribution in [0.2, 0.25) is 5.02 Å². The number of rotatable bonds is 3. The summed E-state index contributed by atoms with van der Waals surface area (Å²) in [5.41, 5.74) is 0.136. The highest BCUT2D eigenvalue weighted by atomic mass is 35.5. The fraction of sp³-hybridized carbons (Fsp3) is 0.333. The second-order valence-corrected chi connectivity index (χ2v) is 3.33. The second kappa shape index (κ2) is 4.70. The Bertz CT molecular complexity index is 299. The molecule has 0 saturated heterocycles. The Labute approximate surface area is 85.4 Å². The van der Waals surface area contributed by atoms with Gasteiger partial charge in [0.25, 0.3) is 0 Å². The summed E-state index contributed by atoms with van der Waals surface area (Å²) in [5, 5.41) is 27.2. The molecule has 3 nitrogen and oxygen atoms in total. The minimum atomic E-state index is -1.34. The van der Waals surface area contributed by atoms with Gasteiger partial charge in [-0.3, -0.25) is 0 Å². The number of hydrogen-bond acceptors (Lipinski definition) is 3. The number of aliphatic hydroxyl groups excluding tert-OH is 3. The predicted octanol–water partition coefficient (Wildman–Crippen LogP) is 0.866. The van der Waals surface area contributed by atoms with Crippen molar-refractivity contribution < 1.29 is 19.7 Å². The van der Waals surface area contributed by atoms with E-state index >= 15 is 0 Å². The van der Waals surface area contributed by atoms with Crippen molar-refractivity contribution >= 4 is 11.6 Å². The number of halogens is 2. The van der Waals surface area contributed by atoms with E-state index in [0.29, 0.717) is 0 Å². The van der Waals surface area contributed by atoms with Crippen LogP contribution in [0.15, 0.2) is 18.2 Å². The average molecular weight is 221 g/mol. The summed E-state index contributed by atoms with van der Waals surface area (Å²) in [6.45, 7) is -0.602. The highest BCUT2D eigenvalue weighted by Gasteiger charge is 2.18. The standard InChI is InChI=1S/C9H10ClFO3/c10-6-1-5(2-7(11)3-6)9(14)8(13)4-12/h1-3,8-9,12-14H,4H2. The van der Waals surface area contributed by atoms with Gasteiger partial charge in [0.05, 0.1) is 6.61 Å². The molecule has 1 rings (SSSR count). The Hall–Kier alpha value is -0.680. The summed E-state index contributed by atoms with van der Waals surface area (Å²) in [5.74, 6) is -0.600. The zero-order valence-corrected chi connectivity index (χ0v) is 7.95. The van der Waals surface area contributed by atoms with Crippen LogP contribution in [0.25, 0.3) is 0 Å². The van der Waals surface area contributed by atoms with Crippen LogP contribution < -0.4 is 0 Å². The molecule has 0 amide bonds. The Morgan fingerprint density at radius 1 is 1.29 bits per heavy atom. The lowest BCUT2D eigenvalue weighted by Gasteiger charge is -2.15. The second-order valence-electron chi connectivity index (χ2n) is 2.90. The first kappa shape index (κ1) is 11.4. The molecule has 0 saturated carbocycles. The van der Waals surface area contributed by atoms with Gasteiger partial charge in [0.15, 0.2) is 0 Å². The van der Waals surface area contributed by atoms with Crippen molar-refractivity contribution in [2.45, 2.75) is 12.2 Å². The fourth-order valence-electron chi connectivity index (χ4n) is 1.07. The van der Waals surface area contributed by atoms with Crippen molar-refractivity contribution in [3.05, 3.63) is 34.6 Å². The fourth-order valence-corrected chi connectivity index (χ4v) is 1.30. The van der Waals surface area contributed by atoms with Gasteiger partial charge in [-0.1, -0.05) is 11.6 Å². The monoisotopic (exact) mass is 220 g/mol. The SMILES string of the molecule is OCC(O)C(O)c1cc(F)cc(Cl)c1. The average Bonchev–Trinajstić information content (AvgIpc) is 2.14. The quantitative estimate of drug-likeness (QED) is 0.708. The molecule has 0 bridgehead atoms. The molecule has 0 fully saturated rings. The molecule has 2 unspecified atom stereocenters. The van der Waals surface area contributed by atoms with E-state index < -0.39 is 24.6 Å². The Balaban J connectivity index is 2.94. The zero-order valence-electron chi connectivity index (χ0n) is 7.19. The number of hydrogen-bond donors (Lipinski definition) is 3. The van der Waals surface area contributed by atoms with Crippen LogP contribution in [0.4, 0.5) is 4.39 Å². The lowest BCUT2D eigenvalue weighted by molar-refractivity contribution is -0.0153. The Morgan fingerprint density at radius 2 is 1.93 bits per heavy atom. The first-order valence-electron chi connectivity index (χ1n) is 3.97. The molecule has 14 heavy (non-hydrogen) atoms. The van der Waals surface area contributed by atoms with Crippen molar-refractivity contribution in [2.24, 2.45) is 0 Å². The molecule has 0 aliphatic rings. The van der Waals surface area contributed by atoms with Gasteiger partial charge in [-0.2, -0.15) is 0 Å². The van der Waals surface area contributed by atoms with E-state index in [1.165, 1.54) is 6.07 Å². The van der Waals surface area contributed by atoms with Crippen molar-refractivity contribution in [3.63, 3.8) is 0 Å². The smallest absolute Gasteiger partial charge is 0.125 e. The Morgan fingerprint density at radius 3 is 2.43 bits per heavy atom. The molecule has 0 spiro atoms. The third kappa shape index (κ3) is 2.65. The van der Waals surface area contributed by atoms with Crippen LogP contribution in [0, 0.1) is 5.82 Å². The molecular weight excluding hydrogens is 211 g/mol. The molecule has 0 heterocycles. The largest absolute Gasteiger partial charge is 0.394 e. The summed E-state index contributed by atoms with van der Waals surface area (Å²) in [6, 6.07) is 3.46.